The van der Waals surface area contributed by atoms with Crippen molar-refractivity contribution in [3.8, 4) is 17.1 Å². The maximum atomic E-state index is 6.72. The summed E-state index contributed by atoms with van der Waals surface area (Å²) in [6.45, 7) is 6.53. The Morgan fingerprint density at radius 2 is 0.778 bits per heavy atom. The third-order valence-corrected chi connectivity index (χ3v) is 11.1. The van der Waals surface area contributed by atoms with Crippen LogP contribution >= 0.6 is 28.3 Å². The van der Waals surface area contributed by atoms with Gasteiger partial charge in [0.05, 0.1) is 0 Å². The van der Waals surface area contributed by atoms with Gasteiger partial charge in [-0.25, -0.2) is 0 Å². The van der Waals surface area contributed by atoms with E-state index in [-0.39, 0.29) is 0 Å². The molecule has 0 aliphatic carbocycles. The smallest absolute Gasteiger partial charge is 0.184 e. The summed E-state index contributed by atoms with van der Waals surface area (Å²) in [5, 5.41) is 2.20. The SMILES string of the molecule is C#S(C)(CCCC)c1nc(S(#C)(C)CCCC)nc(S(#C)(C)CCCC)n1. The van der Waals surface area contributed by atoms with Crippen LogP contribution < -0.4 is 0 Å². The summed E-state index contributed by atoms with van der Waals surface area (Å²) >= 11 is 0. The predicted octanol–water partition coefficient (Wildman–Crippen LogP) is 6.42. The molecule has 0 N–H and O–H groups in total. The minimum Gasteiger partial charge on any atom is -0.198 e. The number of hydrogen-bond acceptors (Lipinski definition) is 3. The number of hydrogen-bond donors (Lipinski definition) is 0. The van der Waals surface area contributed by atoms with Crippen molar-refractivity contribution in [1.82, 2.24) is 15.0 Å². The zero-order chi connectivity index (χ0) is 20.7. The molecule has 3 unspecified atom stereocenters. The summed E-state index contributed by atoms with van der Waals surface area (Å²) in [6.07, 6.45) is 12.8. The van der Waals surface area contributed by atoms with E-state index in [0.717, 1.165) is 71.3 Å². The van der Waals surface area contributed by atoms with Crippen LogP contribution in [0.25, 0.3) is 0 Å². The Kier molecular flexibility index (Phi) is 9.28. The van der Waals surface area contributed by atoms with Crippen LogP contribution in [0.3, 0.4) is 0 Å². The Morgan fingerprint density at radius 1 is 0.556 bits per heavy atom. The van der Waals surface area contributed by atoms with Gasteiger partial charge in [0.1, 0.15) is 0 Å². The molecule has 0 fully saturated rings. The van der Waals surface area contributed by atoms with Crippen LogP contribution in [0.15, 0.2) is 15.5 Å². The van der Waals surface area contributed by atoms with Gasteiger partial charge < -0.3 is 0 Å². The molecule has 0 spiro atoms. The van der Waals surface area contributed by atoms with E-state index in [1.165, 1.54) is 0 Å². The highest BCUT2D eigenvalue weighted by molar-refractivity contribution is 8.24. The fourth-order valence-corrected chi connectivity index (χ4v) is 7.71. The normalized spacial score (nSPS) is 18.3. The minimum atomic E-state index is -1.58. The molecule has 0 saturated heterocycles. The van der Waals surface area contributed by atoms with Gasteiger partial charge >= 0.3 is 0 Å². The Bertz CT molecular complexity index is 808. The second-order valence-corrected chi connectivity index (χ2v) is 17.1. The first kappa shape index (κ1) is 24.4. The topological polar surface area (TPSA) is 38.7 Å². The van der Waals surface area contributed by atoms with Crippen molar-refractivity contribution >= 4 is 28.3 Å². The van der Waals surface area contributed by atoms with Crippen molar-refractivity contribution in [2.45, 2.75) is 74.8 Å². The van der Waals surface area contributed by atoms with Crippen LogP contribution in [0, 0.1) is 17.1 Å². The van der Waals surface area contributed by atoms with E-state index in [1.54, 1.807) is 0 Å². The van der Waals surface area contributed by atoms with E-state index < -0.39 is 28.3 Å². The zero-order valence-electron chi connectivity index (χ0n) is 18.2. The lowest BCUT2D eigenvalue weighted by Gasteiger charge is -2.24. The summed E-state index contributed by atoms with van der Waals surface area (Å²) in [5.41, 5.74) is 20.1. The lowest BCUT2D eigenvalue weighted by atomic mass is 10.4. The molecule has 0 aromatic carbocycles. The summed E-state index contributed by atoms with van der Waals surface area (Å²) in [6, 6.07) is 0. The van der Waals surface area contributed by atoms with Crippen LogP contribution in [-0.2, 0) is 0 Å². The number of aromatic nitrogens is 3. The van der Waals surface area contributed by atoms with Crippen LogP contribution in [0.2, 0.25) is 0 Å². The van der Waals surface area contributed by atoms with Gasteiger partial charge in [-0.15, -0.1) is 45.4 Å². The van der Waals surface area contributed by atoms with E-state index >= 15 is 0 Å². The van der Waals surface area contributed by atoms with E-state index in [4.69, 9.17) is 32.0 Å². The molecule has 6 heteroatoms. The second-order valence-electron chi connectivity index (χ2n) is 7.83. The van der Waals surface area contributed by atoms with Crippen LogP contribution in [0.5, 0.6) is 0 Å². The Hall–Kier alpha value is -0.600. The average Bonchev–Trinajstić information content (AvgIpc) is 2.62. The van der Waals surface area contributed by atoms with Gasteiger partial charge in [0.25, 0.3) is 0 Å². The number of rotatable bonds is 6. The van der Waals surface area contributed by atoms with Crippen LogP contribution in [0.1, 0.15) is 59.3 Å². The Labute approximate surface area is 170 Å². The summed E-state index contributed by atoms with van der Waals surface area (Å²) in [5.74, 6) is 2.76. The molecular weight excluding hydrogens is 390 g/mol. The fraction of sp³-hybridized carbons (Fsp3) is 0.714. The van der Waals surface area contributed by atoms with Crippen LogP contribution in [-0.4, -0.2) is 51.0 Å². The van der Waals surface area contributed by atoms with Gasteiger partial charge in [-0.1, -0.05) is 40.0 Å². The minimum absolute atomic E-state index is 0.734. The number of unbranched alkanes of at least 4 members (excludes halogenated alkanes) is 3. The van der Waals surface area contributed by atoms with Gasteiger partial charge in [0.15, 0.2) is 15.5 Å². The quantitative estimate of drug-likeness (QED) is 0.524. The first-order valence-corrected chi connectivity index (χ1v) is 16.7. The van der Waals surface area contributed by atoms with Crippen LogP contribution in [0.4, 0.5) is 0 Å². The molecule has 0 radical (unpaired) electrons. The molecule has 0 amide bonds. The Morgan fingerprint density at radius 3 is 0.963 bits per heavy atom. The maximum absolute atomic E-state index is 6.72. The molecule has 0 aliphatic rings. The average molecular weight is 430 g/mol. The molecule has 1 aromatic rings. The highest BCUT2D eigenvalue weighted by Gasteiger charge is 2.21. The first-order chi connectivity index (χ1) is 12.5. The van der Waals surface area contributed by atoms with E-state index in [9.17, 15) is 0 Å². The fourth-order valence-electron chi connectivity index (χ4n) is 2.55. The highest BCUT2D eigenvalue weighted by Crippen LogP contribution is 2.45. The lowest BCUT2D eigenvalue weighted by molar-refractivity contribution is 0.706. The van der Waals surface area contributed by atoms with Crippen molar-refractivity contribution < 1.29 is 0 Å². The summed E-state index contributed by atoms with van der Waals surface area (Å²) in [4.78, 5) is 14.5. The molecule has 3 nitrogen and oxygen atoms in total. The summed E-state index contributed by atoms with van der Waals surface area (Å²) < 4.78 is 0. The lowest BCUT2D eigenvalue weighted by Crippen LogP contribution is -2.09. The van der Waals surface area contributed by atoms with Gasteiger partial charge in [-0.05, 0) is 55.3 Å². The van der Waals surface area contributed by atoms with Gasteiger partial charge in [-0.2, -0.15) is 15.0 Å². The van der Waals surface area contributed by atoms with E-state index in [1.807, 2.05) is 0 Å². The largest absolute Gasteiger partial charge is 0.198 e. The molecule has 1 aromatic heterocycles. The van der Waals surface area contributed by atoms with Gasteiger partial charge in [0, 0.05) is 0 Å². The molecule has 3 atom stereocenters. The predicted molar refractivity (Wildman–Crippen MR) is 129 cm³/mol. The third kappa shape index (κ3) is 7.06. The standard InChI is InChI=1S/C21H39N3S3/c1-10-13-16-25(4,5)19-22-20(26(6,7)17-14-11-2)24-21(23-19)27(8,9)18-15-12-3/h4,6,8H,10-18H2,1-3,5,7,9H3. The van der Waals surface area contributed by atoms with Crippen molar-refractivity contribution in [2.75, 3.05) is 36.0 Å². The highest BCUT2D eigenvalue weighted by atomic mass is 32.2. The maximum Gasteiger partial charge on any atom is 0.184 e. The monoisotopic (exact) mass is 429 g/mol. The molecular formula is C21H39N3S3. The second kappa shape index (κ2) is 10.3. The van der Waals surface area contributed by atoms with E-state index in [0.29, 0.717) is 0 Å². The molecule has 27 heavy (non-hydrogen) atoms. The molecule has 156 valence electrons. The van der Waals surface area contributed by atoms with Crippen molar-refractivity contribution in [1.29, 1.82) is 0 Å². The first-order valence-electron chi connectivity index (χ1n) is 9.87. The summed E-state index contributed by atoms with van der Waals surface area (Å²) in [7, 11) is -4.73. The van der Waals surface area contributed by atoms with Crippen molar-refractivity contribution in [2.24, 2.45) is 0 Å². The molecule has 1 heterocycles. The molecule has 0 bridgehead atoms. The molecule has 1 rings (SSSR count). The van der Waals surface area contributed by atoms with Gasteiger partial charge in [-0.3, -0.25) is 0 Å². The van der Waals surface area contributed by atoms with Crippen molar-refractivity contribution in [3.05, 3.63) is 0 Å². The molecule has 0 saturated carbocycles. The van der Waals surface area contributed by atoms with E-state index in [2.05, 4.69) is 39.5 Å². The zero-order valence-corrected chi connectivity index (χ0v) is 20.6. The Balaban J connectivity index is 3.52. The number of nitrogens with zero attached hydrogens (tertiary/aromatic N) is 3. The van der Waals surface area contributed by atoms with Crippen molar-refractivity contribution in [3.63, 3.8) is 0 Å². The molecule has 0 aliphatic heterocycles. The van der Waals surface area contributed by atoms with Gasteiger partial charge in [0.2, 0.25) is 0 Å². The third-order valence-electron chi connectivity index (χ3n) is 4.59.